The molecule has 2 atom stereocenters. The largest absolute Gasteiger partial charge is 0.465 e. The quantitative estimate of drug-likeness (QED) is 0.728. The van der Waals surface area contributed by atoms with E-state index in [4.69, 9.17) is 4.74 Å². The zero-order chi connectivity index (χ0) is 16.5. The van der Waals surface area contributed by atoms with Crippen molar-refractivity contribution in [1.82, 2.24) is 10.3 Å². The Morgan fingerprint density at radius 3 is 2.67 bits per heavy atom. The van der Waals surface area contributed by atoms with E-state index in [1.165, 1.54) is 10.9 Å². The zero-order valence-electron chi connectivity index (χ0n) is 13.6. The Morgan fingerprint density at radius 2 is 1.88 bits per heavy atom. The number of carbonyl (C=O) groups excluding carboxylic acids is 1. The molecule has 0 fully saturated rings. The van der Waals surface area contributed by atoms with Crippen LogP contribution in [0.4, 0.5) is 0 Å². The number of esters is 1. The average molecular weight is 320 g/mol. The summed E-state index contributed by atoms with van der Waals surface area (Å²) in [7, 11) is 0. The summed E-state index contributed by atoms with van der Waals surface area (Å²) in [5.74, 6) is -0.186. The van der Waals surface area contributed by atoms with Gasteiger partial charge in [-0.05, 0) is 24.1 Å². The summed E-state index contributed by atoms with van der Waals surface area (Å²) in [4.78, 5) is 15.9. The first-order valence-corrected chi connectivity index (χ1v) is 8.35. The van der Waals surface area contributed by atoms with Gasteiger partial charge in [-0.2, -0.15) is 0 Å². The number of ether oxygens (including phenoxy) is 1. The number of rotatable bonds is 3. The van der Waals surface area contributed by atoms with E-state index in [0.29, 0.717) is 13.0 Å². The number of fused-ring (bicyclic) bond motifs is 3. The van der Waals surface area contributed by atoms with Crippen molar-refractivity contribution in [1.29, 1.82) is 0 Å². The second-order valence-electron chi connectivity index (χ2n) is 6.08. The summed E-state index contributed by atoms with van der Waals surface area (Å²) in [6, 6.07) is 18.1. The lowest BCUT2D eigenvalue weighted by molar-refractivity contribution is -0.146. The van der Waals surface area contributed by atoms with Gasteiger partial charge < -0.3 is 9.72 Å². The lowest BCUT2D eigenvalue weighted by Crippen LogP contribution is -2.45. The molecule has 0 saturated carbocycles. The fraction of sp³-hybridized carbons (Fsp3) is 0.250. The van der Waals surface area contributed by atoms with Crippen LogP contribution in [0.25, 0.3) is 10.9 Å². The molecule has 2 aromatic carbocycles. The highest BCUT2D eigenvalue weighted by Crippen LogP contribution is 2.35. The van der Waals surface area contributed by atoms with Crippen molar-refractivity contribution in [3.8, 4) is 0 Å². The molecular formula is C20H20N2O2. The summed E-state index contributed by atoms with van der Waals surface area (Å²) in [6.07, 6.45) is 0.640. The molecule has 2 N–H and O–H groups in total. The van der Waals surface area contributed by atoms with Gasteiger partial charge in [0.25, 0.3) is 0 Å². The number of hydrogen-bond donors (Lipinski definition) is 2. The predicted octanol–water partition coefficient (Wildman–Crippen LogP) is 3.33. The Hall–Kier alpha value is -2.59. The van der Waals surface area contributed by atoms with Crippen LogP contribution >= 0.6 is 0 Å². The lowest BCUT2D eigenvalue weighted by atomic mass is 9.90. The van der Waals surface area contributed by atoms with Gasteiger partial charge in [0, 0.05) is 23.0 Å². The highest BCUT2D eigenvalue weighted by molar-refractivity contribution is 5.87. The smallest absolute Gasteiger partial charge is 0.323 e. The maximum Gasteiger partial charge on any atom is 0.323 e. The monoisotopic (exact) mass is 320 g/mol. The fourth-order valence-corrected chi connectivity index (χ4v) is 3.54. The number of aromatic nitrogens is 1. The lowest BCUT2D eigenvalue weighted by Gasteiger charge is -2.30. The van der Waals surface area contributed by atoms with Gasteiger partial charge in [0.1, 0.15) is 6.04 Å². The maximum atomic E-state index is 12.3. The predicted molar refractivity (Wildman–Crippen MR) is 93.8 cm³/mol. The number of hydrogen-bond acceptors (Lipinski definition) is 3. The van der Waals surface area contributed by atoms with Crippen molar-refractivity contribution in [2.24, 2.45) is 0 Å². The molecule has 0 unspecified atom stereocenters. The molecule has 0 radical (unpaired) electrons. The SMILES string of the molecule is CCOC(=O)[C@H]1Cc2c([nH]c3ccccc23)[C@H](c2ccccc2)N1. The first-order chi connectivity index (χ1) is 11.8. The third-order valence-corrected chi connectivity index (χ3v) is 4.62. The molecule has 1 aliphatic heterocycles. The topological polar surface area (TPSA) is 54.1 Å². The van der Waals surface area contributed by atoms with Crippen molar-refractivity contribution >= 4 is 16.9 Å². The van der Waals surface area contributed by atoms with Crippen LogP contribution in [0.1, 0.15) is 29.8 Å². The molecule has 4 heteroatoms. The van der Waals surface area contributed by atoms with E-state index in [9.17, 15) is 4.79 Å². The summed E-state index contributed by atoms with van der Waals surface area (Å²) < 4.78 is 5.26. The minimum absolute atomic E-state index is 0.0447. The average Bonchev–Trinajstić information content (AvgIpc) is 3.00. The van der Waals surface area contributed by atoms with E-state index in [1.54, 1.807) is 0 Å². The molecule has 2 heterocycles. The van der Waals surface area contributed by atoms with Crippen molar-refractivity contribution in [2.75, 3.05) is 6.61 Å². The van der Waals surface area contributed by atoms with Crippen molar-refractivity contribution in [3.63, 3.8) is 0 Å². The Balaban J connectivity index is 1.83. The number of carbonyl (C=O) groups is 1. The van der Waals surface area contributed by atoms with Gasteiger partial charge in [0.15, 0.2) is 0 Å². The number of benzene rings is 2. The van der Waals surface area contributed by atoms with Crippen molar-refractivity contribution in [3.05, 3.63) is 71.4 Å². The normalized spacial score (nSPS) is 19.9. The van der Waals surface area contributed by atoms with Crippen LogP contribution in [0.15, 0.2) is 54.6 Å². The minimum Gasteiger partial charge on any atom is -0.465 e. The van der Waals surface area contributed by atoms with Crippen LogP contribution in [0.5, 0.6) is 0 Å². The van der Waals surface area contributed by atoms with Crippen LogP contribution < -0.4 is 5.32 Å². The van der Waals surface area contributed by atoms with Crippen LogP contribution in [-0.4, -0.2) is 23.6 Å². The van der Waals surface area contributed by atoms with Gasteiger partial charge in [-0.3, -0.25) is 10.1 Å². The molecule has 122 valence electrons. The Kier molecular flexibility index (Phi) is 3.82. The molecule has 24 heavy (non-hydrogen) atoms. The summed E-state index contributed by atoms with van der Waals surface area (Å²) in [5, 5.41) is 4.65. The molecule has 4 rings (SSSR count). The molecular weight excluding hydrogens is 300 g/mol. The Bertz CT molecular complexity index is 870. The van der Waals surface area contributed by atoms with Crippen LogP contribution in [0, 0.1) is 0 Å². The first-order valence-electron chi connectivity index (χ1n) is 8.35. The Labute approximate surface area is 140 Å². The van der Waals surface area contributed by atoms with Crippen molar-refractivity contribution in [2.45, 2.75) is 25.4 Å². The second kappa shape index (κ2) is 6.13. The fourth-order valence-electron chi connectivity index (χ4n) is 3.54. The molecule has 4 nitrogen and oxygen atoms in total. The molecule has 3 aromatic rings. The third kappa shape index (κ3) is 2.49. The molecule has 0 bridgehead atoms. The van der Waals surface area contributed by atoms with Crippen LogP contribution in [-0.2, 0) is 16.0 Å². The van der Waals surface area contributed by atoms with E-state index in [0.717, 1.165) is 16.8 Å². The van der Waals surface area contributed by atoms with Crippen LogP contribution in [0.2, 0.25) is 0 Å². The van der Waals surface area contributed by atoms with Gasteiger partial charge >= 0.3 is 5.97 Å². The molecule has 0 spiro atoms. The van der Waals surface area contributed by atoms with Gasteiger partial charge in [-0.15, -0.1) is 0 Å². The zero-order valence-corrected chi connectivity index (χ0v) is 13.6. The number of H-pyrrole nitrogens is 1. The first kappa shape index (κ1) is 15.0. The molecule has 1 aromatic heterocycles. The number of aromatic amines is 1. The molecule has 1 aliphatic rings. The van der Waals surface area contributed by atoms with Crippen molar-refractivity contribution < 1.29 is 9.53 Å². The summed E-state index contributed by atoms with van der Waals surface area (Å²) in [6.45, 7) is 2.24. The second-order valence-corrected chi connectivity index (χ2v) is 6.08. The van der Waals surface area contributed by atoms with Gasteiger partial charge in [0.2, 0.25) is 0 Å². The Morgan fingerprint density at radius 1 is 1.12 bits per heavy atom. The van der Waals surface area contributed by atoms with E-state index in [-0.39, 0.29) is 18.1 Å². The van der Waals surface area contributed by atoms with Crippen LogP contribution in [0.3, 0.4) is 0 Å². The van der Waals surface area contributed by atoms with Gasteiger partial charge in [-0.25, -0.2) is 0 Å². The van der Waals surface area contributed by atoms with E-state index >= 15 is 0 Å². The number of nitrogens with one attached hydrogen (secondary N) is 2. The van der Waals surface area contributed by atoms with E-state index in [2.05, 4.69) is 34.6 Å². The van der Waals surface area contributed by atoms with E-state index < -0.39 is 0 Å². The summed E-state index contributed by atoms with van der Waals surface area (Å²) >= 11 is 0. The van der Waals surface area contributed by atoms with Gasteiger partial charge in [0.05, 0.1) is 12.6 Å². The standard InChI is InChI=1S/C20H20N2O2/c1-2-24-20(23)17-12-15-14-10-6-7-11-16(14)21-19(15)18(22-17)13-8-4-3-5-9-13/h3-11,17-18,21-22H,2,12H2,1H3/t17-,18+/m1/s1. The number of para-hydroxylation sites is 1. The molecule has 0 amide bonds. The minimum atomic E-state index is -0.332. The summed E-state index contributed by atoms with van der Waals surface area (Å²) in [5.41, 5.74) is 4.59. The van der Waals surface area contributed by atoms with Gasteiger partial charge in [-0.1, -0.05) is 48.5 Å². The molecule has 0 saturated heterocycles. The highest BCUT2D eigenvalue weighted by atomic mass is 16.5. The highest BCUT2D eigenvalue weighted by Gasteiger charge is 2.34. The molecule has 0 aliphatic carbocycles. The third-order valence-electron chi connectivity index (χ3n) is 4.62. The van der Waals surface area contributed by atoms with E-state index in [1.807, 2.05) is 37.3 Å². The maximum absolute atomic E-state index is 12.3.